The average molecular weight is 246 g/mol. The fourth-order valence-electron chi connectivity index (χ4n) is 2.57. The van der Waals surface area contributed by atoms with Crippen molar-refractivity contribution in [1.82, 2.24) is 5.23 Å². The highest BCUT2D eigenvalue weighted by Crippen LogP contribution is 2.24. The van der Waals surface area contributed by atoms with E-state index in [1.54, 1.807) is 13.6 Å². The first-order valence-electron chi connectivity index (χ1n) is 6.55. The van der Waals surface area contributed by atoms with Gasteiger partial charge in [-0.05, 0) is 56.2 Å². The molecule has 6 heteroatoms. The lowest BCUT2D eigenvalue weighted by atomic mass is 9.81. The van der Waals surface area contributed by atoms with Crippen molar-refractivity contribution in [1.29, 1.82) is 0 Å². The summed E-state index contributed by atoms with van der Waals surface area (Å²) in [5.74, 6) is 0. The van der Waals surface area contributed by atoms with Gasteiger partial charge in [0, 0.05) is 11.7 Å². The zero-order chi connectivity index (χ0) is 13.1. The van der Waals surface area contributed by atoms with Crippen molar-refractivity contribution < 1.29 is 10.0 Å². The molecule has 1 aromatic carbocycles. The van der Waals surface area contributed by atoms with E-state index in [1.807, 2.05) is 6.07 Å². The lowest BCUT2D eigenvalue weighted by Crippen LogP contribution is -2.43. The number of hydrogen-bond acceptors (Lipinski definition) is 4. The van der Waals surface area contributed by atoms with Gasteiger partial charge in [-0.2, -0.15) is 0 Å². The zero-order valence-corrected chi connectivity index (χ0v) is 11.0. The summed E-state index contributed by atoms with van der Waals surface area (Å²) in [6.07, 6.45) is 3.00. The Morgan fingerprint density at radius 3 is 2.61 bits per heavy atom. The predicted molar refractivity (Wildman–Crippen MR) is 76.7 cm³/mol. The van der Waals surface area contributed by atoms with E-state index in [0.717, 1.165) is 24.9 Å². The zero-order valence-electron chi connectivity index (χ0n) is 11.0. The Kier molecular flexibility index (Phi) is 4.32. The summed E-state index contributed by atoms with van der Waals surface area (Å²) >= 11 is 0. The Hall–Kier alpha value is -0.970. The van der Waals surface area contributed by atoms with Gasteiger partial charge in [-0.25, -0.2) is 0 Å². The van der Waals surface area contributed by atoms with Crippen molar-refractivity contribution in [3.63, 3.8) is 0 Å². The van der Waals surface area contributed by atoms with Crippen molar-refractivity contribution in [3.8, 4) is 0 Å². The first kappa shape index (κ1) is 13.5. The molecule has 2 rings (SSSR count). The third-order valence-corrected chi connectivity index (χ3v) is 3.29. The number of nitrogens with one attached hydrogen (secondary N) is 2. The van der Waals surface area contributed by atoms with Gasteiger partial charge in [-0.1, -0.05) is 6.07 Å². The fourth-order valence-corrected chi connectivity index (χ4v) is 2.57. The molecular formula is C12H20B2N2O2. The topological polar surface area (TPSA) is 64.5 Å². The highest BCUT2D eigenvalue weighted by Gasteiger charge is 2.20. The van der Waals surface area contributed by atoms with Crippen molar-refractivity contribution in [2.75, 3.05) is 5.23 Å². The predicted octanol–water partition coefficient (Wildman–Crippen LogP) is 0.766. The quantitative estimate of drug-likeness (QED) is 0.592. The first-order valence-corrected chi connectivity index (χ1v) is 6.55. The van der Waals surface area contributed by atoms with Gasteiger partial charge in [-0.15, -0.1) is 0 Å². The molecule has 0 saturated heterocycles. The molecule has 1 aromatic rings. The maximum Gasteiger partial charge on any atom is 0.406 e. The van der Waals surface area contributed by atoms with Crippen molar-refractivity contribution in [3.05, 3.63) is 29.3 Å². The van der Waals surface area contributed by atoms with Gasteiger partial charge in [0.1, 0.15) is 0 Å². The Morgan fingerprint density at radius 2 is 1.94 bits per heavy atom. The smallest absolute Gasteiger partial charge is 0.406 e. The molecule has 1 unspecified atom stereocenters. The second kappa shape index (κ2) is 5.78. The van der Waals surface area contributed by atoms with E-state index in [-0.39, 0.29) is 0 Å². The van der Waals surface area contributed by atoms with Gasteiger partial charge < -0.3 is 20.5 Å². The van der Waals surface area contributed by atoms with E-state index in [4.69, 9.17) is 0 Å². The summed E-state index contributed by atoms with van der Waals surface area (Å²) < 4.78 is 0. The molecule has 4 nitrogen and oxygen atoms in total. The molecule has 0 saturated carbocycles. The minimum Gasteiger partial charge on any atom is -0.437 e. The van der Waals surface area contributed by atoms with Crippen molar-refractivity contribution in [2.45, 2.75) is 39.0 Å². The highest BCUT2D eigenvalue weighted by molar-refractivity contribution is 6.52. The Morgan fingerprint density at radius 1 is 1.17 bits per heavy atom. The summed E-state index contributed by atoms with van der Waals surface area (Å²) in [6.45, 7) is 3.47. The van der Waals surface area contributed by atoms with Crippen LogP contribution in [0.25, 0.3) is 0 Å². The average Bonchev–Trinajstić information content (AvgIpc) is 2.27. The molecule has 0 aromatic heterocycles. The molecule has 96 valence electrons. The van der Waals surface area contributed by atoms with E-state index in [2.05, 4.69) is 22.6 Å². The SMILES string of the molecule is CB(O)Nc1ccc2c(c1)CCC(NB(C)O)C2. The van der Waals surface area contributed by atoms with Gasteiger partial charge in [0.2, 0.25) is 0 Å². The lowest BCUT2D eigenvalue weighted by Gasteiger charge is -2.26. The van der Waals surface area contributed by atoms with Crippen LogP contribution >= 0.6 is 0 Å². The number of aryl methyl sites for hydroxylation is 1. The maximum absolute atomic E-state index is 9.35. The normalized spacial score (nSPS) is 18.1. The summed E-state index contributed by atoms with van der Waals surface area (Å²) in [4.78, 5) is 0. The fraction of sp³-hybridized carbons (Fsp3) is 0.500. The molecular weight excluding hydrogens is 226 g/mol. The second-order valence-corrected chi connectivity index (χ2v) is 5.09. The molecule has 0 fully saturated rings. The number of rotatable bonds is 4. The van der Waals surface area contributed by atoms with Crippen molar-refractivity contribution >= 4 is 19.8 Å². The summed E-state index contributed by atoms with van der Waals surface area (Å²) in [6, 6.07) is 6.57. The monoisotopic (exact) mass is 246 g/mol. The largest absolute Gasteiger partial charge is 0.437 e. The molecule has 0 aliphatic heterocycles. The van der Waals surface area contributed by atoms with Crippen LogP contribution in [0.1, 0.15) is 17.5 Å². The molecule has 1 aliphatic rings. The van der Waals surface area contributed by atoms with Gasteiger partial charge in [0.25, 0.3) is 0 Å². The second-order valence-electron chi connectivity index (χ2n) is 5.09. The third-order valence-electron chi connectivity index (χ3n) is 3.29. The van der Waals surface area contributed by atoms with Gasteiger partial charge >= 0.3 is 14.1 Å². The standard InChI is InChI=1S/C12H20B2N2O2/c1-13(17)15-11-5-3-10-8-12(16-14(2)18)6-4-9(10)7-11/h3,5,7,12,15-18H,4,6,8H2,1-2H3. The molecule has 0 amide bonds. The van der Waals surface area contributed by atoms with Crippen LogP contribution in [0.2, 0.25) is 13.6 Å². The summed E-state index contributed by atoms with van der Waals surface area (Å²) in [7, 11) is -0.982. The van der Waals surface area contributed by atoms with Crippen LogP contribution in [0.5, 0.6) is 0 Å². The Labute approximate surface area is 109 Å². The van der Waals surface area contributed by atoms with Gasteiger partial charge in [-0.3, -0.25) is 0 Å². The molecule has 0 bridgehead atoms. The molecule has 1 aliphatic carbocycles. The van der Waals surface area contributed by atoms with E-state index in [1.165, 1.54) is 11.1 Å². The van der Waals surface area contributed by atoms with Crippen LogP contribution in [-0.2, 0) is 12.8 Å². The third kappa shape index (κ3) is 3.51. The molecule has 0 spiro atoms. The number of fused-ring (bicyclic) bond motifs is 1. The van der Waals surface area contributed by atoms with Gasteiger partial charge in [0.15, 0.2) is 0 Å². The van der Waals surface area contributed by atoms with Crippen molar-refractivity contribution in [2.24, 2.45) is 0 Å². The van der Waals surface area contributed by atoms with Crippen LogP contribution < -0.4 is 10.5 Å². The summed E-state index contributed by atoms with van der Waals surface area (Å²) in [5, 5.41) is 24.8. The van der Waals surface area contributed by atoms with Crippen LogP contribution in [0.3, 0.4) is 0 Å². The van der Waals surface area contributed by atoms with Crippen LogP contribution in [0.15, 0.2) is 18.2 Å². The summed E-state index contributed by atoms with van der Waals surface area (Å²) in [5.41, 5.74) is 3.63. The molecule has 0 heterocycles. The Balaban J connectivity index is 2.06. The van der Waals surface area contributed by atoms with Crippen LogP contribution in [-0.4, -0.2) is 30.2 Å². The minimum absolute atomic E-state index is 0.355. The molecule has 0 radical (unpaired) electrons. The number of anilines is 1. The van der Waals surface area contributed by atoms with E-state index >= 15 is 0 Å². The van der Waals surface area contributed by atoms with Crippen LogP contribution in [0.4, 0.5) is 5.69 Å². The van der Waals surface area contributed by atoms with E-state index in [0.29, 0.717) is 6.04 Å². The van der Waals surface area contributed by atoms with Crippen LogP contribution in [0, 0.1) is 0 Å². The number of benzene rings is 1. The molecule has 18 heavy (non-hydrogen) atoms. The van der Waals surface area contributed by atoms with E-state index in [9.17, 15) is 10.0 Å². The highest BCUT2D eigenvalue weighted by atomic mass is 16.2. The Bertz CT molecular complexity index is 413. The molecule has 1 atom stereocenters. The maximum atomic E-state index is 9.35. The van der Waals surface area contributed by atoms with E-state index < -0.39 is 14.1 Å². The van der Waals surface area contributed by atoms with Gasteiger partial charge in [0.05, 0.1) is 0 Å². The molecule has 4 N–H and O–H groups in total. The first-order chi connectivity index (χ1) is 8.54. The lowest BCUT2D eigenvalue weighted by molar-refractivity contribution is 0.480. The minimum atomic E-state index is -0.531. The number of hydrogen-bond donors (Lipinski definition) is 4.